The van der Waals surface area contributed by atoms with Crippen molar-refractivity contribution >= 4 is 0 Å². The predicted molar refractivity (Wildman–Crippen MR) is 155 cm³/mol. The lowest BCUT2D eigenvalue weighted by molar-refractivity contribution is -0.177. The summed E-state index contributed by atoms with van der Waals surface area (Å²) in [4.78, 5) is 11.9. The molecule has 0 atom stereocenters. The summed E-state index contributed by atoms with van der Waals surface area (Å²) >= 11 is 0. The van der Waals surface area contributed by atoms with Crippen LogP contribution in [-0.4, -0.2) is 155 Å². The minimum atomic E-state index is 0.500. The van der Waals surface area contributed by atoms with E-state index in [2.05, 4.69) is 24.3 Å². The van der Waals surface area contributed by atoms with Gasteiger partial charge in [0.25, 0.3) is 0 Å². The number of rotatable bonds is 6. The number of nitrogens with zero attached hydrogens (tertiary/aromatic N) is 2. The van der Waals surface area contributed by atoms with Crippen LogP contribution < -0.4 is 0 Å². The fourth-order valence-corrected chi connectivity index (χ4v) is 4.17. The summed E-state index contributed by atoms with van der Waals surface area (Å²) < 4.78 is 44.6. The molecule has 1 aromatic carbocycles. The highest BCUT2D eigenvalue weighted by atomic mass is 16.7. The summed E-state index contributed by atoms with van der Waals surface area (Å²) in [7, 11) is 0. The van der Waals surface area contributed by atoms with E-state index in [-0.39, 0.29) is 0 Å². The molecule has 2 aliphatic rings. The van der Waals surface area contributed by atoms with E-state index >= 15 is 0 Å². The molecule has 42 heavy (non-hydrogen) atoms. The van der Waals surface area contributed by atoms with Gasteiger partial charge in [-0.15, -0.1) is 0 Å². The second-order valence-corrected chi connectivity index (χ2v) is 9.74. The van der Waals surface area contributed by atoms with Crippen molar-refractivity contribution in [3.05, 3.63) is 35.4 Å². The van der Waals surface area contributed by atoms with Crippen LogP contribution in [0.4, 0.5) is 0 Å². The van der Waals surface area contributed by atoms with E-state index in [4.69, 9.17) is 47.6 Å². The molecular formula is C30H52N2O10. The molecule has 0 N–H and O–H groups in total. The molecule has 2 fully saturated rings. The third-order valence-corrected chi connectivity index (χ3v) is 6.53. The Morgan fingerprint density at radius 3 is 0.929 bits per heavy atom. The lowest BCUT2D eigenvalue weighted by Crippen LogP contribution is -2.32. The standard InChI is InChI=1S/C30H52N2O10/c1-2-30(6-8-32-10-12-34-14-16-36-18-20-38-22-24-40-26-28-42-32)4-3-29(1)5-7-31-9-11-33-13-15-35-17-19-37-21-23-39-25-27-41-31/h1-4H,5-28H2. The first-order chi connectivity index (χ1) is 20.9. The van der Waals surface area contributed by atoms with E-state index in [9.17, 15) is 0 Å². The molecule has 3 rings (SSSR count). The minimum absolute atomic E-state index is 0.500. The van der Waals surface area contributed by atoms with Crippen LogP contribution in [-0.2, 0) is 60.4 Å². The molecule has 0 aromatic heterocycles. The Hall–Kier alpha value is -1.26. The van der Waals surface area contributed by atoms with E-state index in [1.807, 2.05) is 10.1 Å². The zero-order valence-corrected chi connectivity index (χ0v) is 25.3. The van der Waals surface area contributed by atoms with Gasteiger partial charge >= 0.3 is 0 Å². The summed E-state index contributed by atoms with van der Waals surface area (Å²) in [5.41, 5.74) is 2.52. The zero-order chi connectivity index (χ0) is 29.2. The van der Waals surface area contributed by atoms with Crippen LogP contribution in [0.2, 0.25) is 0 Å². The lowest BCUT2D eigenvalue weighted by Gasteiger charge is -2.23. The van der Waals surface area contributed by atoms with Crippen molar-refractivity contribution in [3.63, 3.8) is 0 Å². The Bertz CT molecular complexity index is 652. The molecule has 0 spiro atoms. The molecule has 0 amide bonds. The van der Waals surface area contributed by atoms with Gasteiger partial charge in [0, 0.05) is 26.2 Å². The van der Waals surface area contributed by atoms with E-state index < -0.39 is 0 Å². The molecule has 0 radical (unpaired) electrons. The number of ether oxygens (including phenoxy) is 8. The van der Waals surface area contributed by atoms with Gasteiger partial charge < -0.3 is 37.9 Å². The van der Waals surface area contributed by atoms with Crippen molar-refractivity contribution < 1.29 is 47.6 Å². The highest BCUT2D eigenvalue weighted by molar-refractivity contribution is 5.23. The van der Waals surface area contributed by atoms with Gasteiger partial charge in [0.2, 0.25) is 0 Å². The quantitative estimate of drug-likeness (QED) is 0.472. The van der Waals surface area contributed by atoms with Gasteiger partial charge in [0.1, 0.15) is 0 Å². The van der Waals surface area contributed by atoms with Crippen molar-refractivity contribution in [2.75, 3.05) is 145 Å². The summed E-state index contributed by atoms with van der Waals surface area (Å²) in [5, 5.41) is 3.93. The predicted octanol–water partition coefficient (Wildman–Crippen LogP) is 1.40. The normalized spacial score (nSPS) is 22.5. The third kappa shape index (κ3) is 18.4. The first-order valence-electron chi connectivity index (χ1n) is 15.4. The van der Waals surface area contributed by atoms with E-state index in [1.165, 1.54) is 11.1 Å². The number of hydrogen-bond acceptors (Lipinski definition) is 12. The molecule has 2 aliphatic heterocycles. The Labute approximate surface area is 251 Å². The number of benzene rings is 1. The maximum Gasteiger partial charge on any atom is 0.0918 e. The van der Waals surface area contributed by atoms with Crippen molar-refractivity contribution in [1.29, 1.82) is 0 Å². The van der Waals surface area contributed by atoms with Crippen LogP contribution in [0.15, 0.2) is 24.3 Å². The molecule has 242 valence electrons. The van der Waals surface area contributed by atoms with Crippen LogP contribution in [0.25, 0.3) is 0 Å². The Balaban J connectivity index is 1.38. The maximum absolute atomic E-state index is 5.97. The summed E-state index contributed by atoms with van der Waals surface area (Å²) in [6, 6.07) is 8.77. The average molecular weight is 601 g/mol. The van der Waals surface area contributed by atoms with Gasteiger partial charge in [-0.1, -0.05) is 24.3 Å². The average Bonchev–Trinajstić information content (AvgIpc) is 3.00. The number of hydrogen-bond donors (Lipinski definition) is 0. The fourth-order valence-electron chi connectivity index (χ4n) is 4.17. The monoisotopic (exact) mass is 600 g/mol. The van der Waals surface area contributed by atoms with Crippen LogP contribution in [0, 0.1) is 0 Å². The molecule has 2 heterocycles. The molecule has 12 heteroatoms. The van der Waals surface area contributed by atoms with Gasteiger partial charge in [0.05, 0.1) is 119 Å². The largest absolute Gasteiger partial charge is 0.378 e. The lowest BCUT2D eigenvalue weighted by atomic mass is 10.1. The molecular weight excluding hydrogens is 548 g/mol. The van der Waals surface area contributed by atoms with Crippen molar-refractivity contribution in [1.82, 2.24) is 10.1 Å². The molecule has 0 aliphatic carbocycles. The van der Waals surface area contributed by atoms with E-state index in [1.54, 1.807) is 0 Å². The van der Waals surface area contributed by atoms with Crippen LogP contribution in [0.3, 0.4) is 0 Å². The van der Waals surface area contributed by atoms with Gasteiger partial charge in [0.15, 0.2) is 0 Å². The van der Waals surface area contributed by atoms with Crippen LogP contribution in [0.1, 0.15) is 11.1 Å². The molecule has 0 bridgehead atoms. The highest BCUT2D eigenvalue weighted by Crippen LogP contribution is 2.09. The molecule has 0 unspecified atom stereocenters. The second kappa shape index (κ2) is 25.1. The van der Waals surface area contributed by atoms with Gasteiger partial charge in [-0.3, -0.25) is 9.68 Å². The first-order valence-corrected chi connectivity index (χ1v) is 15.4. The Kier molecular flexibility index (Phi) is 21.1. The van der Waals surface area contributed by atoms with Gasteiger partial charge in [-0.05, 0) is 24.0 Å². The van der Waals surface area contributed by atoms with E-state index in [0.717, 1.165) is 25.9 Å². The third-order valence-electron chi connectivity index (χ3n) is 6.53. The van der Waals surface area contributed by atoms with Gasteiger partial charge in [-0.25, -0.2) is 0 Å². The van der Waals surface area contributed by atoms with E-state index in [0.29, 0.717) is 132 Å². The van der Waals surface area contributed by atoms with Crippen LogP contribution in [0.5, 0.6) is 0 Å². The topological polar surface area (TPSA) is 98.8 Å². The van der Waals surface area contributed by atoms with Crippen molar-refractivity contribution in [2.45, 2.75) is 12.8 Å². The molecule has 1 aromatic rings. The zero-order valence-electron chi connectivity index (χ0n) is 25.3. The fraction of sp³-hybridized carbons (Fsp3) is 0.800. The SMILES string of the molecule is c1cc(CCN2CCOCCOCCOCCOCCO2)ccc1CCN1CCOCCOCCOCCOCCO1. The van der Waals surface area contributed by atoms with Crippen molar-refractivity contribution in [2.24, 2.45) is 0 Å². The Morgan fingerprint density at radius 1 is 0.357 bits per heavy atom. The molecule has 2 saturated heterocycles. The second-order valence-electron chi connectivity index (χ2n) is 9.74. The molecule has 12 nitrogen and oxygen atoms in total. The summed E-state index contributed by atoms with van der Waals surface area (Å²) in [6.07, 6.45) is 1.75. The summed E-state index contributed by atoms with van der Waals surface area (Å²) in [5.74, 6) is 0. The maximum atomic E-state index is 5.97. The summed E-state index contributed by atoms with van der Waals surface area (Å²) in [6.45, 7) is 12.9. The smallest absolute Gasteiger partial charge is 0.0918 e. The Morgan fingerprint density at radius 2 is 0.619 bits per heavy atom. The highest BCUT2D eigenvalue weighted by Gasteiger charge is 2.10. The van der Waals surface area contributed by atoms with Gasteiger partial charge in [-0.2, -0.15) is 10.1 Å². The molecule has 0 saturated carbocycles. The first kappa shape index (κ1) is 35.2. The number of hydroxylamine groups is 4. The van der Waals surface area contributed by atoms with Crippen LogP contribution >= 0.6 is 0 Å². The van der Waals surface area contributed by atoms with Crippen molar-refractivity contribution in [3.8, 4) is 0 Å². The minimum Gasteiger partial charge on any atom is -0.378 e.